The molecule has 0 radical (unpaired) electrons. The summed E-state index contributed by atoms with van der Waals surface area (Å²) in [5, 5.41) is 20.9. The number of ketones is 1. The maximum atomic E-state index is 13.4. The molecule has 1 amide bonds. The first kappa shape index (κ1) is 25.5. The van der Waals surface area contributed by atoms with E-state index in [1.165, 1.54) is 49.3 Å². The number of hydrogen-bond acceptors (Lipinski definition) is 7. The van der Waals surface area contributed by atoms with Crippen molar-refractivity contribution in [3.63, 3.8) is 0 Å². The number of carbonyl (C=O) groups excluding carboxylic acids is 3. The largest absolute Gasteiger partial charge is 0.507 e. The van der Waals surface area contributed by atoms with Gasteiger partial charge in [0.25, 0.3) is 11.7 Å². The SMILES string of the molecule is COc1c(Cl)cc(C)cc1/C(O)=C1\C(=O)C(=O)N(c2ccc(C#N)cc2)C1c1cccc(OC(C)=O)c1. The van der Waals surface area contributed by atoms with Crippen molar-refractivity contribution in [3.05, 3.63) is 93.5 Å². The highest BCUT2D eigenvalue weighted by Crippen LogP contribution is 2.45. The Balaban J connectivity index is 2.00. The molecular formula is C28H21ClN2O6. The molecule has 9 heteroatoms. The van der Waals surface area contributed by atoms with Gasteiger partial charge in [0, 0.05) is 12.6 Å². The van der Waals surface area contributed by atoms with E-state index in [1.807, 2.05) is 6.07 Å². The molecule has 1 aliphatic rings. The molecule has 3 aromatic carbocycles. The topological polar surface area (TPSA) is 117 Å². The molecule has 1 aliphatic heterocycles. The van der Waals surface area contributed by atoms with E-state index >= 15 is 0 Å². The molecule has 0 spiro atoms. The van der Waals surface area contributed by atoms with Gasteiger partial charge in [0.1, 0.15) is 17.3 Å². The summed E-state index contributed by atoms with van der Waals surface area (Å²) in [6.45, 7) is 3.01. The van der Waals surface area contributed by atoms with Crippen molar-refractivity contribution in [2.24, 2.45) is 0 Å². The molecule has 4 rings (SSSR count). The van der Waals surface area contributed by atoms with Gasteiger partial charge in [-0.15, -0.1) is 0 Å². The zero-order chi connectivity index (χ0) is 26.9. The van der Waals surface area contributed by atoms with Crippen LogP contribution in [-0.2, 0) is 14.4 Å². The number of nitrogens with zero attached hydrogens (tertiary/aromatic N) is 2. The fourth-order valence-corrected chi connectivity index (χ4v) is 4.63. The summed E-state index contributed by atoms with van der Waals surface area (Å²) in [6, 6.07) is 16.6. The average Bonchev–Trinajstić information content (AvgIpc) is 3.13. The molecule has 1 atom stereocenters. The van der Waals surface area contributed by atoms with Crippen LogP contribution in [0.2, 0.25) is 5.02 Å². The number of hydrogen-bond donors (Lipinski definition) is 1. The van der Waals surface area contributed by atoms with E-state index in [0.29, 0.717) is 22.4 Å². The molecule has 3 aromatic rings. The normalized spacial score (nSPS) is 16.4. The van der Waals surface area contributed by atoms with Gasteiger partial charge in [0.15, 0.2) is 0 Å². The fraction of sp³-hybridized carbons (Fsp3) is 0.143. The number of carbonyl (C=O) groups is 3. The fourth-order valence-electron chi connectivity index (χ4n) is 4.28. The highest BCUT2D eigenvalue weighted by Gasteiger charge is 2.47. The van der Waals surface area contributed by atoms with Gasteiger partial charge in [-0.1, -0.05) is 23.7 Å². The molecular weight excluding hydrogens is 496 g/mol. The lowest BCUT2D eigenvalue weighted by Crippen LogP contribution is -2.29. The predicted molar refractivity (Wildman–Crippen MR) is 136 cm³/mol. The summed E-state index contributed by atoms with van der Waals surface area (Å²) >= 11 is 6.33. The van der Waals surface area contributed by atoms with Crippen LogP contribution in [0.3, 0.4) is 0 Å². The molecule has 1 saturated heterocycles. The molecule has 0 aliphatic carbocycles. The third-order valence-corrected chi connectivity index (χ3v) is 6.08. The Kier molecular flexibility index (Phi) is 7.00. The highest BCUT2D eigenvalue weighted by molar-refractivity contribution is 6.51. The van der Waals surface area contributed by atoms with Crippen LogP contribution in [0.15, 0.2) is 66.2 Å². The number of benzene rings is 3. The average molecular weight is 517 g/mol. The van der Waals surface area contributed by atoms with E-state index < -0.39 is 29.5 Å². The third kappa shape index (κ3) is 4.77. The summed E-state index contributed by atoms with van der Waals surface area (Å²) in [5.41, 5.74) is 1.74. The van der Waals surface area contributed by atoms with Crippen molar-refractivity contribution in [2.45, 2.75) is 19.9 Å². The Labute approximate surface area is 217 Å². The first-order valence-corrected chi connectivity index (χ1v) is 11.5. The lowest BCUT2D eigenvalue weighted by molar-refractivity contribution is -0.132. The van der Waals surface area contributed by atoms with Gasteiger partial charge in [-0.05, 0) is 66.6 Å². The summed E-state index contributed by atoms with van der Waals surface area (Å²) < 4.78 is 10.6. The zero-order valence-electron chi connectivity index (χ0n) is 20.1. The van der Waals surface area contributed by atoms with Crippen LogP contribution in [0.1, 0.15) is 35.2 Å². The van der Waals surface area contributed by atoms with Crippen LogP contribution in [0.4, 0.5) is 5.69 Å². The van der Waals surface area contributed by atoms with Gasteiger partial charge in [-0.2, -0.15) is 5.26 Å². The third-order valence-electron chi connectivity index (χ3n) is 5.80. The summed E-state index contributed by atoms with van der Waals surface area (Å²) in [7, 11) is 1.38. The van der Waals surface area contributed by atoms with Crippen molar-refractivity contribution >= 4 is 40.7 Å². The smallest absolute Gasteiger partial charge is 0.308 e. The van der Waals surface area contributed by atoms with Crippen LogP contribution in [0.25, 0.3) is 5.76 Å². The molecule has 1 heterocycles. The molecule has 0 aromatic heterocycles. The minimum absolute atomic E-state index is 0.141. The van der Waals surface area contributed by atoms with E-state index in [-0.39, 0.29) is 27.7 Å². The van der Waals surface area contributed by atoms with Gasteiger partial charge in [-0.25, -0.2) is 0 Å². The number of esters is 1. The van der Waals surface area contributed by atoms with Crippen molar-refractivity contribution in [1.29, 1.82) is 5.26 Å². The van der Waals surface area contributed by atoms with Gasteiger partial charge in [0.05, 0.1) is 40.9 Å². The Morgan fingerprint density at radius 3 is 2.43 bits per heavy atom. The van der Waals surface area contributed by atoms with E-state index in [0.717, 1.165) is 0 Å². The van der Waals surface area contributed by atoms with E-state index in [1.54, 1.807) is 37.3 Å². The first-order valence-electron chi connectivity index (χ1n) is 11.1. The molecule has 1 fully saturated rings. The monoisotopic (exact) mass is 516 g/mol. The first-order chi connectivity index (χ1) is 17.7. The summed E-state index contributed by atoms with van der Waals surface area (Å²) in [5.74, 6) is -2.48. The minimum Gasteiger partial charge on any atom is -0.507 e. The maximum Gasteiger partial charge on any atom is 0.308 e. The summed E-state index contributed by atoms with van der Waals surface area (Å²) in [4.78, 5) is 39.6. The van der Waals surface area contributed by atoms with Crippen molar-refractivity contribution in [2.75, 3.05) is 12.0 Å². The van der Waals surface area contributed by atoms with Gasteiger partial charge >= 0.3 is 5.97 Å². The number of aliphatic hydroxyl groups is 1. The Bertz CT molecular complexity index is 1500. The zero-order valence-corrected chi connectivity index (χ0v) is 20.9. The number of amides is 1. The molecule has 1 N–H and O–H groups in total. The number of ether oxygens (including phenoxy) is 2. The highest BCUT2D eigenvalue weighted by atomic mass is 35.5. The molecule has 0 bridgehead atoms. The quantitative estimate of drug-likeness (QED) is 0.165. The van der Waals surface area contributed by atoms with Crippen LogP contribution in [0, 0.1) is 18.3 Å². The number of nitriles is 1. The van der Waals surface area contributed by atoms with Crippen LogP contribution in [-0.4, -0.2) is 29.9 Å². The van der Waals surface area contributed by atoms with Gasteiger partial charge < -0.3 is 14.6 Å². The lowest BCUT2D eigenvalue weighted by Gasteiger charge is -2.26. The number of aryl methyl sites for hydroxylation is 1. The van der Waals surface area contributed by atoms with Gasteiger partial charge in [-0.3, -0.25) is 19.3 Å². The van der Waals surface area contributed by atoms with Crippen LogP contribution >= 0.6 is 11.6 Å². The van der Waals surface area contributed by atoms with E-state index in [9.17, 15) is 19.5 Å². The molecule has 0 saturated carbocycles. The number of Topliss-reactive ketones (excluding diaryl/α,β-unsaturated/α-hetero) is 1. The standard InChI is InChI=1S/C28H21ClN2O6/c1-15-11-21(27(36-3)22(29)12-15)25(33)23-24(18-5-4-6-20(13-18)37-16(2)32)31(28(35)26(23)34)19-9-7-17(14-30)8-10-19/h4-13,24,33H,1-3H3/b25-23+. The number of halogens is 1. The Morgan fingerprint density at radius 1 is 1.11 bits per heavy atom. The molecule has 186 valence electrons. The minimum atomic E-state index is -1.09. The molecule has 1 unspecified atom stereocenters. The van der Waals surface area contributed by atoms with Crippen molar-refractivity contribution in [3.8, 4) is 17.6 Å². The van der Waals surface area contributed by atoms with Crippen molar-refractivity contribution in [1.82, 2.24) is 0 Å². The maximum absolute atomic E-state index is 13.4. The molecule has 8 nitrogen and oxygen atoms in total. The predicted octanol–water partition coefficient (Wildman–Crippen LogP) is 5.08. The van der Waals surface area contributed by atoms with Crippen molar-refractivity contribution < 1.29 is 29.0 Å². The lowest BCUT2D eigenvalue weighted by atomic mass is 9.94. The van der Waals surface area contributed by atoms with Crippen LogP contribution < -0.4 is 14.4 Å². The Hall–Kier alpha value is -4.61. The number of aliphatic hydroxyl groups excluding tert-OH is 1. The van der Waals surface area contributed by atoms with E-state index in [4.69, 9.17) is 26.3 Å². The second-order valence-corrected chi connectivity index (χ2v) is 8.73. The van der Waals surface area contributed by atoms with E-state index in [2.05, 4.69) is 0 Å². The summed E-state index contributed by atoms with van der Waals surface area (Å²) in [6.07, 6.45) is 0. The Morgan fingerprint density at radius 2 is 1.81 bits per heavy atom. The van der Waals surface area contributed by atoms with Crippen LogP contribution in [0.5, 0.6) is 11.5 Å². The number of anilines is 1. The number of methoxy groups -OCH3 is 1. The molecule has 37 heavy (non-hydrogen) atoms. The van der Waals surface area contributed by atoms with Gasteiger partial charge in [0.2, 0.25) is 0 Å². The number of rotatable bonds is 5. The second kappa shape index (κ2) is 10.2. The second-order valence-electron chi connectivity index (χ2n) is 8.32.